The van der Waals surface area contributed by atoms with Gasteiger partial charge in [0.15, 0.2) is 0 Å². The first-order chi connectivity index (χ1) is 51.7. The minimum absolute atomic E-state index is 0.0197. The van der Waals surface area contributed by atoms with E-state index < -0.39 is 187 Å². The van der Waals surface area contributed by atoms with E-state index in [2.05, 4.69) is 74.1 Å². The molecular weight excluding hydrogens is 1410 g/mol. The molecule has 34 heteroatoms. The maximum absolute atomic E-state index is 14.8. The van der Waals surface area contributed by atoms with Gasteiger partial charge in [0.2, 0.25) is 70.9 Å². The molecule has 1 saturated heterocycles. The zero-order chi connectivity index (χ0) is 81.0. The van der Waals surface area contributed by atoms with Crippen molar-refractivity contribution in [1.29, 1.82) is 0 Å². The van der Waals surface area contributed by atoms with Crippen molar-refractivity contribution in [2.45, 2.75) is 244 Å². The van der Waals surface area contributed by atoms with Crippen LogP contribution in [0.4, 0.5) is 0 Å². The number of aliphatic hydroxyl groups excluding tert-OH is 2. The highest BCUT2D eigenvalue weighted by molar-refractivity contribution is 6.00. The molecular formula is C75H118N16O18. The standard InChI is InChI=1S/C75H118N16O18/c1-10-44(8)62(74(108)80-39-61(96)97)90-72(106)58(37-47-38-79-49-24-15-14-23-48(47)49)87-65(99)51(25-16-18-30-76)82-73(107)59(40-92)89-70(104)56(35-43(6)7)86-71(105)57(36-46-21-12-11-13-22-46)88-75(109)63(45(9)93)91-67(101)52(26-17-19-31-77)81-68(102)54(33-41(2)3)85-69(103)55(34-42(4)5)84-66(100)53(28-29-60(94)95)83-64(98)50-27-20-32-78-50/h11-15,21-24,38,41-45,50-59,62-63,78-79,92-93H,10,16-20,25-37,39-40,76-77H2,1-9H3,(H,80,108)(H,81,102)(H,82,107)(H,83,98)(H,84,100)(H,85,103)(H,86,105)(H,87,99)(H,88,109)(H,89,104)(H,90,106)(H,91,101)(H,94,95)(H,96,97)/t44-,45+,50-,51-,52-,53-,54-,55-,56-,57-,58-,59-,62-,63-/m0/s1. The SMILES string of the molecule is CC[C@H](C)[C@H](NC(=O)[C@H](Cc1c[nH]c2ccccc12)NC(=O)[C@H](CCCCN)NC(=O)[C@H](CO)NC(=O)[C@H](CC(C)C)NC(=O)[C@H](Cc1ccccc1)NC(=O)[C@@H](NC(=O)[C@H](CCCCN)NC(=O)[C@H](CC(C)C)NC(=O)[C@H](CC(C)C)NC(=O)[C@H](CCC(=O)O)NC(=O)[C@@H]1CCCN1)[C@@H](C)O)C(=O)NCC(=O)O. The lowest BCUT2D eigenvalue weighted by molar-refractivity contribution is -0.139. The van der Waals surface area contributed by atoms with Gasteiger partial charge in [-0.25, -0.2) is 0 Å². The highest BCUT2D eigenvalue weighted by Gasteiger charge is 2.39. The predicted molar refractivity (Wildman–Crippen MR) is 404 cm³/mol. The number of carboxylic acids is 2. The molecule has 1 fully saturated rings. The van der Waals surface area contributed by atoms with Crippen LogP contribution in [0.15, 0.2) is 60.8 Å². The summed E-state index contributed by atoms with van der Waals surface area (Å²) in [6, 6.07) is -1.12. The quantitative estimate of drug-likeness (QED) is 0.0299. The molecule has 0 saturated carbocycles. The van der Waals surface area contributed by atoms with Crippen molar-refractivity contribution in [3.63, 3.8) is 0 Å². The van der Waals surface area contributed by atoms with Crippen LogP contribution in [0.3, 0.4) is 0 Å². The third kappa shape index (κ3) is 31.8. The first kappa shape index (κ1) is 91.7. The predicted octanol–water partition coefficient (Wildman–Crippen LogP) is -1.08. The number of fused-ring (bicyclic) bond motifs is 1. The molecule has 0 spiro atoms. The van der Waals surface area contributed by atoms with Crippen LogP contribution < -0.4 is 80.6 Å². The van der Waals surface area contributed by atoms with E-state index >= 15 is 0 Å². The summed E-state index contributed by atoms with van der Waals surface area (Å²) in [6.45, 7) is 14.5. The summed E-state index contributed by atoms with van der Waals surface area (Å²) in [7, 11) is 0. The number of rotatable bonds is 50. The van der Waals surface area contributed by atoms with E-state index in [1.807, 2.05) is 0 Å². The summed E-state index contributed by atoms with van der Waals surface area (Å²) in [5, 5.41) is 75.8. The highest BCUT2D eigenvalue weighted by atomic mass is 16.4. The molecule has 3 aromatic rings. The van der Waals surface area contributed by atoms with E-state index in [0.717, 1.165) is 0 Å². The number of carbonyl (C=O) groups is 14. The minimum Gasteiger partial charge on any atom is -0.481 e. The number of carboxylic acid groups (broad SMARTS) is 2. The number of H-pyrrole nitrogens is 1. The van der Waals surface area contributed by atoms with Gasteiger partial charge in [-0.2, -0.15) is 0 Å². The molecule has 109 heavy (non-hydrogen) atoms. The van der Waals surface area contributed by atoms with Crippen molar-refractivity contribution in [3.8, 4) is 0 Å². The maximum Gasteiger partial charge on any atom is 0.322 e. The number of benzene rings is 2. The average Bonchev–Trinajstić information content (AvgIpc) is 1.72. The molecule has 2 heterocycles. The van der Waals surface area contributed by atoms with Crippen LogP contribution >= 0.6 is 0 Å². The summed E-state index contributed by atoms with van der Waals surface area (Å²) in [6.07, 6.45) is 1.63. The van der Waals surface area contributed by atoms with Crippen molar-refractivity contribution in [2.24, 2.45) is 35.1 Å². The Balaban J connectivity index is 1.59. The zero-order valence-electron chi connectivity index (χ0n) is 64.1. The summed E-state index contributed by atoms with van der Waals surface area (Å²) in [4.78, 5) is 197. The van der Waals surface area contributed by atoms with Crippen LogP contribution in [0.25, 0.3) is 10.9 Å². The van der Waals surface area contributed by atoms with Gasteiger partial charge >= 0.3 is 11.9 Å². The lowest BCUT2D eigenvalue weighted by atomic mass is 9.97. The topological polar surface area (TPSA) is 544 Å². The first-order valence-corrected chi connectivity index (χ1v) is 37.8. The van der Waals surface area contributed by atoms with E-state index in [4.69, 9.17) is 11.5 Å². The Morgan fingerprint density at radius 3 is 1.39 bits per heavy atom. The van der Waals surface area contributed by atoms with Crippen molar-refractivity contribution < 1.29 is 87.5 Å². The van der Waals surface area contributed by atoms with E-state index in [1.165, 1.54) is 6.92 Å². The zero-order valence-corrected chi connectivity index (χ0v) is 64.1. The van der Waals surface area contributed by atoms with E-state index in [9.17, 15) is 87.5 Å². The number of amides is 12. The number of aromatic amines is 1. The first-order valence-electron chi connectivity index (χ1n) is 37.8. The molecule has 14 atom stereocenters. The van der Waals surface area contributed by atoms with E-state index in [-0.39, 0.29) is 95.1 Å². The molecule has 2 aromatic carbocycles. The van der Waals surface area contributed by atoms with E-state index in [1.54, 1.807) is 116 Å². The molecule has 0 bridgehead atoms. The van der Waals surface area contributed by atoms with Gasteiger partial charge in [-0.15, -0.1) is 0 Å². The Bertz CT molecular complexity index is 3500. The Hall–Kier alpha value is -9.64. The molecule has 1 aromatic heterocycles. The number of nitrogens with one attached hydrogen (secondary N) is 14. The number of aliphatic hydroxyl groups is 2. The molecule has 1 aliphatic rings. The molecule has 0 unspecified atom stereocenters. The van der Waals surface area contributed by atoms with Gasteiger partial charge in [0.25, 0.3) is 0 Å². The lowest BCUT2D eigenvalue weighted by Gasteiger charge is -2.30. The third-order valence-electron chi connectivity index (χ3n) is 18.6. The Morgan fingerprint density at radius 2 is 0.908 bits per heavy atom. The Morgan fingerprint density at radius 1 is 0.477 bits per heavy atom. The summed E-state index contributed by atoms with van der Waals surface area (Å²) < 4.78 is 0. The van der Waals surface area contributed by atoms with Gasteiger partial charge in [-0.05, 0) is 144 Å². The molecule has 1 aliphatic heterocycles. The molecule has 0 radical (unpaired) electrons. The molecule has 34 nitrogen and oxygen atoms in total. The van der Waals surface area contributed by atoms with E-state index in [0.29, 0.717) is 60.7 Å². The van der Waals surface area contributed by atoms with Crippen molar-refractivity contribution in [3.05, 3.63) is 71.9 Å². The van der Waals surface area contributed by atoms with Crippen LogP contribution in [-0.4, -0.2) is 220 Å². The normalized spacial score (nSPS) is 16.3. The fraction of sp³-hybridized carbons (Fsp3) is 0.627. The molecule has 4 rings (SSSR count). The second kappa shape index (κ2) is 47.3. The maximum atomic E-state index is 14.8. The summed E-state index contributed by atoms with van der Waals surface area (Å²) >= 11 is 0. The smallest absolute Gasteiger partial charge is 0.322 e. The summed E-state index contributed by atoms with van der Waals surface area (Å²) in [5.74, 6) is -14.3. The van der Waals surface area contributed by atoms with Crippen molar-refractivity contribution in [2.75, 3.05) is 32.8 Å². The van der Waals surface area contributed by atoms with Crippen LogP contribution in [0.1, 0.15) is 163 Å². The minimum atomic E-state index is -1.81. The average molecular weight is 1530 g/mol. The number of para-hydroxylation sites is 1. The van der Waals surface area contributed by atoms with Crippen molar-refractivity contribution in [1.82, 2.24) is 74.1 Å². The largest absolute Gasteiger partial charge is 0.481 e. The fourth-order valence-corrected chi connectivity index (χ4v) is 12.4. The van der Waals surface area contributed by atoms with Crippen LogP contribution in [-0.2, 0) is 80.0 Å². The number of carbonyl (C=O) groups excluding carboxylic acids is 12. The molecule has 606 valence electrons. The van der Waals surface area contributed by atoms with Crippen molar-refractivity contribution >= 4 is 93.7 Å². The van der Waals surface area contributed by atoms with Gasteiger partial charge in [-0.3, -0.25) is 67.1 Å². The third-order valence-corrected chi connectivity index (χ3v) is 18.6. The summed E-state index contributed by atoms with van der Waals surface area (Å²) in [5.41, 5.74) is 13.5. The van der Waals surface area contributed by atoms with Gasteiger partial charge in [0, 0.05) is 36.4 Å². The monoisotopic (exact) mass is 1530 g/mol. The highest BCUT2D eigenvalue weighted by Crippen LogP contribution is 2.21. The number of aromatic nitrogens is 1. The van der Waals surface area contributed by atoms with Crippen LogP contribution in [0, 0.1) is 23.7 Å². The van der Waals surface area contributed by atoms with Crippen LogP contribution in [0.2, 0.25) is 0 Å². The van der Waals surface area contributed by atoms with Gasteiger partial charge < -0.3 is 106 Å². The molecule has 22 N–H and O–H groups in total. The fourth-order valence-electron chi connectivity index (χ4n) is 12.4. The Labute approximate surface area is 636 Å². The number of hydrogen-bond donors (Lipinski definition) is 20. The van der Waals surface area contributed by atoms with Gasteiger partial charge in [-0.1, -0.05) is 110 Å². The Kier molecular flexibility index (Phi) is 39.8. The number of unbranched alkanes of at least 4 members (excludes halogenated alkanes) is 2. The second-order valence-corrected chi connectivity index (χ2v) is 29.2. The van der Waals surface area contributed by atoms with Gasteiger partial charge in [0.1, 0.15) is 73.0 Å². The second-order valence-electron chi connectivity index (χ2n) is 29.2. The number of nitrogens with two attached hydrogens (primary N) is 2. The lowest BCUT2D eigenvalue weighted by Crippen LogP contribution is -2.62. The van der Waals surface area contributed by atoms with Gasteiger partial charge in [0.05, 0.1) is 18.8 Å². The number of aliphatic carboxylic acids is 2. The van der Waals surface area contributed by atoms with Crippen LogP contribution in [0.5, 0.6) is 0 Å². The molecule has 12 amide bonds. The number of hydrogen-bond acceptors (Lipinski definition) is 19. The molecule has 0 aliphatic carbocycles.